The van der Waals surface area contributed by atoms with E-state index in [0.29, 0.717) is 5.41 Å². The second kappa shape index (κ2) is 5.00. The van der Waals surface area contributed by atoms with E-state index in [2.05, 4.69) is 23.5 Å². The summed E-state index contributed by atoms with van der Waals surface area (Å²) in [7, 11) is 4.06. The molecule has 0 bridgehead atoms. The topological polar surface area (TPSA) is 29.9 Å². The maximum atomic E-state index is 4.52. The summed E-state index contributed by atoms with van der Waals surface area (Å²) in [6.45, 7) is 1.13. The molecule has 0 radical (unpaired) electrons. The summed E-state index contributed by atoms with van der Waals surface area (Å²) in [5.41, 5.74) is 1.71. The van der Waals surface area contributed by atoms with Crippen LogP contribution in [0.4, 0.5) is 0 Å². The number of rotatable bonds is 4. The number of nitrogens with one attached hydrogen (secondary N) is 1. The molecule has 0 atom stereocenters. The molecule has 1 heterocycles. The number of aromatic nitrogens is 2. The van der Waals surface area contributed by atoms with Gasteiger partial charge >= 0.3 is 0 Å². The van der Waals surface area contributed by atoms with Gasteiger partial charge in [0.2, 0.25) is 0 Å². The van der Waals surface area contributed by atoms with Gasteiger partial charge < -0.3 is 5.32 Å². The van der Waals surface area contributed by atoms with Crippen molar-refractivity contribution in [3.05, 3.63) is 18.0 Å². The molecule has 0 aliphatic heterocycles. The molecule has 0 unspecified atom stereocenters. The molecule has 1 aliphatic rings. The van der Waals surface area contributed by atoms with Gasteiger partial charge in [0.1, 0.15) is 0 Å². The highest BCUT2D eigenvalue weighted by molar-refractivity contribution is 5.04. The predicted octanol–water partition coefficient (Wildman–Crippen LogP) is 2.13. The molecule has 90 valence electrons. The molecule has 1 N–H and O–H groups in total. The average molecular weight is 221 g/mol. The Morgan fingerprint density at radius 2 is 2.12 bits per heavy atom. The van der Waals surface area contributed by atoms with Crippen LogP contribution in [-0.4, -0.2) is 23.4 Å². The quantitative estimate of drug-likeness (QED) is 0.844. The number of nitrogens with zero attached hydrogens (tertiary/aromatic N) is 2. The fourth-order valence-corrected chi connectivity index (χ4v) is 3.03. The molecule has 1 fully saturated rings. The van der Waals surface area contributed by atoms with Gasteiger partial charge in [-0.15, -0.1) is 0 Å². The molecule has 16 heavy (non-hydrogen) atoms. The third kappa shape index (κ3) is 2.64. The van der Waals surface area contributed by atoms with E-state index in [1.54, 1.807) is 0 Å². The molecule has 0 spiro atoms. The Morgan fingerprint density at radius 1 is 1.38 bits per heavy atom. The summed E-state index contributed by atoms with van der Waals surface area (Å²) in [6.07, 6.45) is 10.1. The largest absolute Gasteiger partial charge is 0.319 e. The summed E-state index contributed by atoms with van der Waals surface area (Å²) < 4.78 is 1.91. The van der Waals surface area contributed by atoms with Gasteiger partial charge in [-0.1, -0.05) is 19.3 Å². The van der Waals surface area contributed by atoms with Gasteiger partial charge in [0, 0.05) is 19.8 Å². The first-order valence-electron chi connectivity index (χ1n) is 6.37. The SMILES string of the molecule is CNCC1(Cc2ccn(C)n2)CCCCC1. The molecule has 0 aromatic carbocycles. The lowest BCUT2D eigenvalue weighted by molar-refractivity contribution is 0.183. The molecule has 1 aromatic heterocycles. The van der Waals surface area contributed by atoms with Gasteiger partial charge in [-0.3, -0.25) is 4.68 Å². The molecule has 1 saturated carbocycles. The van der Waals surface area contributed by atoms with Gasteiger partial charge in [-0.2, -0.15) is 5.10 Å². The normalized spacial score (nSPS) is 19.9. The van der Waals surface area contributed by atoms with E-state index in [9.17, 15) is 0 Å². The third-order valence-electron chi connectivity index (χ3n) is 3.79. The highest BCUT2D eigenvalue weighted by atomic mass is 15.2. The van der Waals surface area contributed by atoms with Crippen molar-refractivity contribution in [3.63, 3.8) is 0 Å². The Kier molecular flexibility index (Phi) is 3.64. The Bertz CT molecular complexity index is 318. The Balaban J connectivity index is 2.06. The molecule has 0 saturated heterocycles. The van der Waals surface area contributed by atoms with E-state index < -0.39 is 0 Å². The van der Waals surface area contributed by atoms with Crippen LogP contribution in [0.2, 0.25) is 0 Å². The van der Waals surface area contributed by atoms with Crippen molar-refractivity contribution >= 4 is 0 Å². The minimum Gasteiger partial charge on any atom is -0.319 e. The molecule has 3 heteroatoms. The third-order valence-corrected chi connectivity index (χ3v) is 3.79. The fraction of sp³-hybridized carbons (Fsp3) is 0.769. The lowest BCUT2D eigenvalue weighted by Gasteiger charge is -2.36. The standard InChI is InChI=1S/C13H23N3/c1-14-11-13(7-4-3-5-8-13)10-12-6-9-16(2)15-12/h6,9,14H,3-5,7-8,10-11H2,1-2H3. The maximum Gasteiger partial charge on any atom is 0.0630 e. The zero-order chi connectivity index (χ0) is 11.4. The van der Waals surface area contributed by atoms with Crippen molar-refractivity contribution in [2.45, 2.75) is 38.5 Å². The van der Waals surface area contributed by atoms with Crippen molar-refractivity contribution in [1.82, 2.24) is 15.1 Å². The Hall–Kier alpha value is -0.830. The van der Waals surface area contributed by atoms with E-state index in [-0.39, 0.29) is 0 Å². The van der Waals surface area contributed by atoms with Crippen molar-refractivity contribution in [2.24, 2.45) is 12.5 Å². The van der Waals surface area contributed by atoms with Crippen LogP contribution in [0.25, 0.3) is 0 Å². The van der Waals surface area contributed by atoms with Gasteiger partial charge in [0.15, 0.2) is 0 Å². The lowest BCUT2D eigenvalue weighted by Crippen LogP contribution is -2.36. The van der Waals surface area contributed by atoms with E-state index in [1.807, 2.05) is 17.9 Å². The van der Waals surface area contributed by atoms with Crippen LogP contribution in [0.15, 0.2) is 12.3 Å². The van der Waals surface area contributed by atoms with Crippen LogP contribution in [0.3, 0.4) is 0 Å². The van der Waals surface area contributed by atoms with Crippen molar-refractivity contribution < 1.29 is 0 Å². The summed E-state index contributed by atoms with van der Waals surface area (Å²) in [5.74, 6) is 0. The maximum absolute atomic E-state index is 4.52. The smallest absolute Gasteiger partial charge is 0.0630 e. The van der Waals surface area contributed by atoms with Crippen LogP contribution in [0, 0.1) is 5.41 Å². The molecular weight excluding hydrogens is 198 g/mol. The van der Waals surface area contributed by atoms with E-state index in [4.69, 9.17) is 0 Å². The minimum atomic E-state index is 0.460. The van der Waals surface area contributed by atoms with Gasteiger partial charge in [-0.05, 0) is 37.8 Å². The van der Waals surface area contributed by atoms with Crippen molar-refractivity contribution in [1.29, 1.82) is 0 Å². The van der Waals surface area contributed by atoms with Crippen LogP contribution in [-0.2, 0) is 13.5 Å². The number of aryl methyl sites for hydroxylation is 1. The molecule has 3 nitrogen and oxygen atoms in total. The van der Waals surface area contributed by atoms with E-state index in [0.717, 1.165) is 13.0 Å². The highest BCUT2D eigenvalue weighted by Crippen LogP contribution is 2.38. The van der Waals surface area contributed by atoms with Crippen LogP contribution >= 0.6 is 0 Å². The lowest BCUT2D eigenvalue weighted by atomic mass is 9.71. The van der Waals surface area contributed by atoms with Gasteiger partial charge in [0.05, 0.1) is 5.69 Å². The Morgan fingerprint density at radius 3 is 2.69 bits per heavy atom. The first-order chi connectivity index (χ1) is 7.74. The molecule has 2 rings (SSSR count). The highest BCUT2D eigenvalue weighted by Gasteiger charge is 2.32. The molecule has 1 aromatic rings. The molecular formula is C13H23N3. The van der Waals surface area contributed by atoms with Gasteiger partial charge in [-0.25, -0.2) is 0 Å². The van der Waals surface area contributed by atoms with Crippen LogP contribution in [0.5, 0.6) is 0 Å². The number of hydrogen-bond donors (Lipinski definition) is 1. The number of hydrogen-bond acceptors (Lipinski definition) is 2. The first-order valence-corrected chi connectivity index (χ1v) is 6.37. The minimum absolute atomic E-state index is 0.460. The summed E-state index contributed by atoms with van der Waals surface area (Å²) >= 11 is 0. The van der Waals surface area contributed by atoms with Crippen molar-refractivity contribution in [3.8, 4) is 0 Å². The second-order valence-corrected chi connectivity index (χ2v) is 5.25. The monoisotopic (exact) mass is 221 g/mol. The molecule has 1 aliphatic carbocycles. The predicted molar refractivity (Wildman–Crippen MR) is 66.4 cm³/mol. The molecule has 0 amide bonds. The van der Waals surface area contributed by atoms with Crippen LogP contribution < -0.4 is 5.32 Å². The van der Waals surface area contributed by atoms with E-state index >= 15 is 0 Å². The first kappa shape index (κ1) is 11.6. The zero-order valence-electron chi connectivity index (χ0n) is 10.5. The van der Waals surface area contributed by atoms with E-state index in [1.165, 1.54) is 37.8 Å². The summed E-state index contributed by atoms with van der Waals surface area (Å²) in [4.78, 5) is 0. The summed E-state index contributed by atoms with van der Waals surface area (Å²) in [5, 5.41) is 7.89. The fourth-order valence-electron chi connectivity index (χ4n) is 3.03. The average Bonchev–Trinajstić information content (AvgIpc) is 2.65. The van der Waals surface area contributed by atoms with Crippen LogP contribution in [0.1, 0.15) is 37.8 Å². The zero-order valence-corrected chi connectivity index (χ0v) is 10.5. The summed E-state index contributed by atoms with van der Waals surface area (Å²) in [6, 6.07) is 2.16. The van der Waals surface area contributed by atoms with Gasteiger partial charge in [0.25, 0.3) is 0 Å². The Labute approximate surface area is 98.2 Å². The van der Waals surface area contributed by atoms with Crippen molar-refractivity contribution in [2.75, 3.05) is 13.6 Å². The second-order valence-electron chi connectivity index (χ2n) is 5.25.